The van der Waals surface area contributed by atoms with E-state index >= 15 is 0 Å². The fraction of sp³-hybridized carbons (Fsp3) is 0.321. The fourth-order valence-corrected chi connectivity index (χ4v) is 4.60. The Labute approximate surface area is 235 Å². The molecule has 0 bridgehead atoms. The minimum atomic E-state index is -1.12. The van der Waals surface area contributed by atoms with Crippen LogP contribution in [0.1, 0.15) is 12.6 Å². The third kappa shape index (κ3) is 5.42. The average molecular weight is 558 g/mol. The van der Waals surface area contributed by atoms with Gasteiger partial charge in [0.05, 0.1) is 25.0 Å². The van der Waals surface area contributed by atoms with Crippen LogP contribution in [0.2, 0.25) is 0 Å². The molecule has 1 unspecified atom stereocenters. The van der Waals surface area contributed by atoms with Crippen molar-refractivity contribution in [1.82, 2.24) is 34.2 Å². The van der Waals surface area contributed by atoms with E-state index in [1.807, 2.05) is 72.2 Å². The number of nitrogens with zero attached hydrogens (tertiary/aromatic N) is 8. The second kappa shape index (κ2) is 11.1. The van der Waals surface area contributed by atoms with Crippen molar-refractivity contribution in [1.29, 1.82) is 0 Å². The van der Waals surface area contributed by atoms with Crippen LogP contribution in [0.15, 0.2) is 60.8 Å². The van der Waals surface area contributed by atoms with Gasteiger partial charge in [0, 0.05) is 42.7 Å². The molecule has 13 heteroatoms. The Kier molecular flexibility index (Phi) is 7.22. The highest BCUT2D eigenvalue weighted by Crippen LogP contribution is 2.26. The molecule has 5 aromatic rings. The number of nitrogens with two attached hydrogens (primary N) is 1. The normalized spacial score (nSPS) is 15.3. The van der Waals surface area contributed by atoms with Crippen molar-refractivity contribution >= 4 is 17.4 Å². The number of hydrogen-bond donors (Lipinski definition) is 2. The number of morpholine rings is 1. The zero-order valence-corrected chi connectivity index (χ0v) is 22.8. The van der Waals surface area contributed by atoms with Crippen molar-refractivity contribution in [2.75, 3.05) is 31.2 Å². The molecule has 13 nitrogen and oxygen atoms in total. The first kappa shape index (κ1) is 26.6. The number of carbonyl (C=O) groups is 1. The third-order valence-corrected chi connectivity index (χ3v) is 6.99. The lowest BCUT2D eigenvalue weighted by Gasteiger charge is -2.29. The topological polar surface area (TPSA) is 151 Å². The summed E-state index contributed by atoms with van der Waals surface area (Å²) in [5.74, 6) is 0.828. The third-order valence-electron chi connectivity index (χ3n) is 6.99. The number of aliphatic hydroxyl groups excluding tert-OH is 1. The van der Waals surface area contributed by atoms with E-state index in [2.05, 4.69) is 10.00 Å². The maximum Gasteiger partial charge on any atom is 0.327 e. The molecule has 41 heavy (non-hydrogen) atoms. The van der Waals surface area contributed by atoms with Crippen LogP contribution >= 0.6 is 0 Å². The molecule has 1 aliphatic heterocycles. The molecule has 2 atom stereocenters. The minimum absolute atomic E-state index is 0.136. The second-order valence-corrected chi connectivity index (χ2v) is 9.91. The van der Waals surface area contributed by atoms with Gasteiger partial charge in [-0.1, -0.05) is 30.3 Å². The van der Waals surface area contributed by atoms with Gasteiger partial charge in [-0.15, -0.1) is 0 Å². The molecular formula is C28H31N9O4. The van der Waals surface area contributed by atoms with Crippen LogP contribution in [0.3, 0.4) is 0 Å². The number of rotatable bonds is 8. The highest BCUT2D eigenvalue weighted by molar-refractivity contribution is 5.76. The van der Waals surface area contributed by atoms with E-state index in [4.69, 9.17) is 30.4 Å². The van der Waals surface area contributed by atoms with Crippen molar-refractivity contribution in [2.45, 2.75) is 32.7 Å². The second-order valence-electron chi connectivity index (χ2n) is 9.91. The molecule has 0 saturated carbocycles. The number of fused-ring (bicyclic) bond motifs is 1. The Morgan fingerprint density at radius 3 is 2.56 bits per heavy atom. The van der Waals surface area contributed by atoms with Crippen LogP contribution in [-0.4, -0.2) is 83.7 Å². The molecule has 4 aromatic heterocycles. The molecule has 0 aliphatic carbocycles. The van der Waals surface area contributed by atoms with Gasteiger partial charge in [0.25, 0.3) is 0 Å². The van der Waals surface area contributed by atoms with Crippen molar-refractivity contribution < 1.29 is 19.4 Å². The molecule has 212 valence electrons. The quantitative estimate of drug-likeness (QED) is 0.270. The van der Waals surface area contributed by atoms with Gasteiger partial charge in [-0.3, -0.25) is 4.79 Å². The van der Waals surface area contributed by atoms with Crippen LogP contribution in [0.5, 0.6) is 0 Å². The summed E-state index contributed by atoms with van der Waals surface area (Å²) < 4.78 is 16.0. The zero-order valence-electron chi connectivity index (χ0n) is 22.8. The van der Waals surface area contributed by atoms with Gasteiger partial charge in [0.15, 0.2) is 18.2 Å². The van der Waals surface area contributed by atoms with Crippen LogP contribution < -0.4 is 10.6 Å². The number of aryl methyl sites for hydroxylation is 1. The van der Waals surface area contributed by atoms with E-state index in [0.717, 1.165) is 35.9 Å². The number of benzene rings is 1. The smallest absolute Gasteiger partial charge is 0.327 e. The molecule has 0 radical (unpaired) electrons. The molecule has 0 spiro atoms. The van der Waals surface area contributed by atoms with E-state index in [1.165, 1.54) is 6.92 Å². The number of aliphatic hydroxyl groups is 1. The summed E-state index contributed by atoms with van der Waals surface area (Å²) in [6, 6.07) is 16.5. The molecule has 1 saturated heterocycles. The summed E-state index contributed by atoms with van der Waals surface area (Å²) in [4.78, 5) is 19.2. The number of aromatic nitrogens is 7. The predicted molar refractivity (Wildman–Crippen MR) is 150 cm³/mol. The summed E-state index contributed by atoms with van der Waals surface area (Å²) in [5.41, 5.74) is 10.2. The van der Waals surface area contributed by atoms with Crippen LogP contribution in [0.25, 0.3) is 34.1 Å². The Morgan fingerprint density at radius 1 is 1.05 bits per heavy atom. The first-order chi connectivity index (χ1) is 19.9. The van der Waals surface area contributed by atoms with Crippen LogP contribution in [0.4, 0.5) is 5.82 Å². The Hall–Kier alpha value is -4.59. The predicted octanol–water partition coefficient (Wildman–Crippen LogP) is 1.80. The van der Waals surface area contributed by atoms with Crippen molar-refractivity contribution in [3.05, 3.63) is 66.5 Å². The monoisotopic (exact) mass is 557 g/mol. The molecule has 1 aliphatic rings. The first-order valence-corrected chi connectivity index (χ1v) is 13.4. The number of hydrogen-bond acceptors (Lipinski definition) is 10. The summed E-state index contributed by atoms with van der Waals surface area (Å²) in [6.07, 6.45) is 0.886. The van der Waals surface area contributed by atoms with E-state index in [1.54, 1.807) is 9.36 Å². The number of esters is 1. The van der Waals surface area contributed by atoms with Crippen molar-refractivity contribution in [3.8, 4) is 28.5 Å². The Balaban J connectivity index is 1.34. The van der Waals surface area contributed by atoms with Gasteiger partial charge in [-0.05, 0) is 26.0 Å². The molecule has 1 fully saturated rings. The largest absolute Gasteiger partial charge is 0.441 e. The lowest BCUT2D eigenvalue weighted by atomic mass is 10.2. The van der Waals surface area contributed by atoms with Gasteiger partial charge < -0.3 is 25.2 Å². The molecule has 6 rings (SSSR count). The van der Waals surface area contributed by atoms with Gasteiger partial charge >= 0.3 is 5.97 Å². The van der Waals surface area contributed by atoms with Crippen LogP contribution in [0, 0.1) is 6.92 Å². The van der Waals surface area contributed by atoms with Gasteiger partial charge in [-0.2, -0.15) is 19.8 Å². The average Bonchev–Trinajstić information content (AvgIpc) is 3.74. The summed E-state index contributed by atoms with van der Waals surface area (Å²) in [6.45, 7) is 5.83. The number of ether oxygens (including phenoxy) is 2. The van der Waals surface area contributed by atoms with Crippen molar-refractivity contribution in [3.63, 3.8) is 0 Å². The molecular weight excluding hydrogens is 526 g/mol. The molecule has 5 heterocycles. The maximum atomic E-state index is 12.1. The zero-order chi connectivity index (χ0) is 28.5. The number of anilines is 1. The van der Waals surface area contributed by atoms with E-state index in [9.17, 15) is 9.90 Å². The van der Waals surface area contributed by atoms with E-state index < -0.39 is 18.1 Å². The van der Waals surface area contributed by atoms with E-state index in [-0.39, 0.29) is 6.73 Å². The summed E-state index contributed by atoms with van der Waals surface area (Å²) in [7, 11) is 0. The minimum Gasteiger partial charge on any atom is -0.441 e. The number of carbonyl (C=O) groups excluding carboxylic acids is 1. The van der Waals surface area contributed by atoms with Crippen LogP contribution in [-0.2, 0) is 21.0 Å². The van der Waals surface area contributed by atoms with Gasteiger partial charge in [0.1, 0.15) is 23.2 Å². The lowest BCUT2D eigenvalue weighted by Crippen LogP contribution is -2.41. The Bertz CT molecular complexity index is 1670. The molecule has 3 N–H and O–H groups in total. The highest BCUT2D eigenvalue weighted by atomic mass is 16.5. The van der Waals surface area contributed by atoms with Crippen molar-refractivity contribution in [2.24, 2.45) is 5.73 Å². The molecule has 1 aromatic carbocycles. The SMILES string of the molecule is Cc1cc(-c2cc3nc(-n4ccc(-c5ccccc5)n4)cc(N4CCOCC4)n3n2)nn1COC(=O)[C@@H](N)C(C)O. The summed E-state index contributed by atoms with van der Waals surface area (Å²) in [5, 5.41) is 23.8. The maximum absolute atomic E-state index is 12.1. The standard InChI is InChI=1S/C28H31N9O4/c1-18-14-22(32-36(18)17-41-28(39)27(29)19(2)38)23-15-25-30-24(16-26(37(25)33-23)34-10-12-40-13-11-34)35-9-8-21(31-35)20-6-4-3-5-7-20/h3-9,14-16,19,27,38H,10-13,17,29H2,1-2H3/t19?,27-/m0/s1. The summed E-state index contributed by atoms with van der Waals surface area (Å²) >= 11 is 0. The first-order valence-electron chi connectivity index (χ1n) is 13.4. The van der Waals surface area contributed by atoms with E-state index in [0.29, 0.717) is 36.1 Å². The lowest BCUT2D eigenvalue weighted by molar-refractivity contribution is -0.152. The highest BCUT2D eigenvalue weighted by Gasteiger charge is 2.22. The van der Waals surface area contributed by atoms with Gasteiger partial charge in [-0.25, -0.2) is 14.3 Å². The molecule has 0 amide bonds. The Morgan fingerprint density at radius 2 is 1.80 bits per heavy atom. The van der Waals surface area contributed by atoms with Gasteiger partial charge in [0.2, 0.25) is 0 Å². The fourth-order valence-electron chi connectivity index (χ4n) is 4.60.